The molecule has 0 atom stereocenters. The van der Waals surface area contributed by atoms with Crippen molar-refractivity contribution in [3.05, 3.63) is 88.1 Å². The number of hydrogen-bond donors (Lipinski definition) is 0. The Kier molecular flexibility index (Phi) is 5.80. The Morgan fingerprint density at radius 3 is 2.52 bits per heavy atom. The van der Waals surface area contributed by atoms with Gasteiger partial charge in [0.2, 0.25) is 4.80 Å². The minimum atomic E-state index is 0.541. The van der Waals surface area contributed by atoms with Crippen LogP contribution in [0.25, 0.3) is 11.3 Å². The van der Waals surface area contributed by atoms with E-state index in [1.165, 1.54) is 5.56 Å². The van der Waals surface area contributed by atoms with E-state index in [4.69, 9.17) is 10.4 Å². The summed E-state index contributed by atoms with van der Waals surface area (Å²) in [4.78, 5) is 5.39. The van der Waals surface area contributed by atoms with Gasteiger partial charge in [-0.2, -0.15) is 10.4 Å². The summed E-state index contributed by atoms with van der Waals surface area (Å²) in [5, 5.41) is 15.9. The Bertz CT molecular complexity index is 1080. The fourth-order valence-electron chi connectivity index (χ4n) is 2.56. The second-order valence-corrected chi connectivity index (χ2v) is 6.92. The number of nitriles is 1. The Labute approximate surface area is 163 Å². The molecule has 0 radical (unpaired) electrons. The Morgan fingerprint density at radius 2 is 1.89 bits per heavy atom. The van der Waals surface area contributed by atoms with Gasteiger partial charge in [-0.25, -0.2) is 4.68 Å². The minimum Gasteiger partial charge on any atom is -0.253 e. The van der Waals surface area contributed by atoms with Crippen LogP contribution in [0.3, 0.4) is 0 Å². The summed E-state index contributed by atoms with van der Waals surface area (Å²) < 4.78 is 1.88. The monoisotopic (exact) mass is 372 g/mol. The van der Waals surface area contributed by atoms with Crippen molar-refractivity contribution in [2.75, 3.05) is 6.54 Å². The van der Waals surface area contributed by atoms with E-state index in [0.717, 1.165) is 27.3 Å². The predicted molar refractivity (Wildman–Crippen MR) is 112 cm³/mol. The fourth-order valence-corrected chi connectivity index (χ4v) is 3.40. The average molecular weight is 372 g/mol. The second kappa shape index (κ2) is 8.43. The molecule has 134 valence electrons. The number of nitrogens with zero attached hydrogens (tertiary/aromatic N) is 4. The maximum absolute atomic E-state index is 8.97. The van der Waals surface area contributed by atoms with Gasteiger partial charge in [0, 0.05) is 10.9 Å². The molecule has 0 saturated carbocycles. The van der Waals surface area contributed by atoms with Crippen LogP contribution in [0.5, 0.6) is 0 Å². The maximum Gasteiger partial charge on any atom is 0.206 e. The van der Waals surface area contributed by atoms with E-state index >= 15 is 0 Å². The number of thiazole rings is 1. The molecular weight excluding hydrogens is 352 g/mol. The lowest BCUT2D eigenvalue weighted by atomic mass is 10.1. The quantitative estimate of drug-likeness (QED) is 0.471. The molecule has 5 heteroatoms. The largest absolute Gasteiger partial charge is 0.253 e. The van der Waals surface area contributed by atoms with Crippen LogP contribution in [0.2, 0.25) is 0 Å². The topological polar surface area (TPSA) is 53.4 Å². The minimum absolute atomic E-state index is 0.541. The van der Waals surface area contributed by atoms with Crippen molar-refractivity contribution >= 4 is 17.0 Å². The van der Waals surface area contributed by atoms with Crippen molar-refractivity contribution in [2.45, 2.75) is 13.8 Å². The van der Waals surface area contributed by atoms with Gasteiger partial charge in [0.15, 0.2) is 0 Å². The number of hydrogen-bond acceptors (Lipinski definition) is 4. The highest BCUT2D eigenvalue weighted by Crippen LogP contribution is 2.21. The van der Waals surface area contributed by atoms with E-state index in [1.54, 1.807) is 29.5 Å². The molecule has 0 saturated heterocycles. The number of benzene rings is 2. The van der Waals surface area contributed by atoms with Crippen molar-refractivity contribution in [2.24, 2.45) is 10.1 Å². The molecule has 0 unspecified atom stereocenters. The van der Waals surface area contributed by atoms with Gasteiger partial charge in [-0.1, -0.05) is 48.0 Å². The zero-order valence-corrected chi connectivity index (χ0v) is 16.2. The van der Waals surface area contributed by atoms with Gasteiger partial charge in [0.25, 0.3) is 0 Å². The molecule has 0 aliphatic heterocycles. The van der Waals surface area contributed by atoms with E-state index in [0.29, 0.717) is 12.1 Å². The van der Waals surface area contributed by atoms with Crippen LogP contribution in [0, 0.1) is 18.3 Å². The Hall–Kier alpha value is -3.23. The molecule has 3 aromatic rings. The fraction of sp³-hybridized carbons (Fsp3) is 0.136. The first-order chi connectivity index (χ1) is 13.1. The maximum atomic E-state index is 8.97. The van der Waals surface area contributed by atoms with Gasteiger partial charge in [0.05, 0.1) is 29.6 Å². The van der Waals surface area contributed by atoms with Crippen molar-refractivity contribution in [1.29, 1.82) is 5.26 Å². The van der Waals surface area contributed by atoms with Crippen molar-refractivity contribution in [1.82, 2.24) is 4.68 Å². The smallest absolute Gasteiger partial charge is 0.206 e. The molecule has 27 heavy (non-hydrogen) atoms. The molecule has 1 aromatic heterocycles. The Balaban J connectivity index is 2.10. The molecule has 0 bridgehead atoms. The van der Waals surface area contributed by atoms with E-state index in [1.807, 2.05) is 23.7 Å². The third-order valence-electron chi connectivity index (χ3n) is 4.07. The molecule has 0 amide bonds. The summed E-state index contributed by atoms with van der Waals surface area (Å²) in [6.07, 6.45) is 1.77. The molecule has 0 aliphatic rings. The molecule has 0 aliphatic carbocycles. The Morgan fingerprint density at radius 1 is 1.19 bits per heavy atom. The van der Waals surface area contributed by atoms with E-state index in [-0.39, 0.29) is 0 Å². The molecule has 0 N–H and O–H groups in total. The molecule has 3 rings (SSSR count). The number of rotatable bonds is 5. The lowest BCUT2D eigenvalue weighted by Gasteiger charge is -2.07. The molecule has 1 heterocycles. The lowest BCUT2D eigenvalue weighted by molar-refractivity contribution is 0.834. The van der Waals surface area contributed by atoms with Gasteiger partial charge < -0.3 is 0 Å². The summed E-state index contributed by atoms with van der Waals surface area (Å²) in [5.74, 6) is 0. The van der Waals surface area contributed by atoms with Crippen LogP contribution >= 0.6 is 11.3 Å². The zero-order valence-electron chi connectivity index (χ0n) is 15.4. The van der Waals surface area contributed by atoms with Gasteiger partial charge in [0.1, 0.15) is 0 Å². The average Bonchev–Trinajstić information content (AvgIpc) is 3.09. The van der Waals surface area contributed by atoms with Crippen LogP contribution in [0.4, 0.5) is 0 Å². The molecular formula is C22H20N4S. The first kappa shape index (κ1) is 18.6. The second-order valence-electron chi connectivity index (χ2n) is 6.09. The van der Waals surface area contributed by atoms with E-state index in [9.17, 15) is 0 Å². The third kappa shape index (κ3) is 4.30. The van der Waals surface area contributed by atoms with Gasteiger partial charge in [-0.3, -0.25) is 4.99 Å². The van der Waals surface area contributed by atoms with Crippen LogP contribution in [-0.2, 0) is 0 Å². The third-order valence-corrected chi connectivity index (χ3v) is 4.92. The molecule has 2 aromatic carbocycles. The van der Waals surface area contributed by atoms with E-state index < -0.39 is 0 Å². The van der Waals surface area contributed by atoms with Gasteiger partial charge in [-0.15, -0.1) is 17.9 Å². The summed E-state index contributed by atoms with van der Waals surface area (Å²) in [7, 11) is 0. The molecule has 0 spiro atoms. The van der Waals surface area contributed by atoms with Crippen LogP contribution < -0.4 is 4.80 Å². The highest BCUT2D eigenvalue weighted by molar-refractivity contribution is 7.07. The van der Waals surface area contributed by atoms with E-state index in [2.05, 4.69) is 54.2 Å². The van der Waals surface area contributed by atoms with Crippen LogP contribution in [-0.4, -0.2) is 16.9 Å². The number of aryl methyl sites for hydroxylation is 1. The first-order valence-corrected chi connectivity index (χ1v) is 9.45. The highest BCUT2D eigenvalue weighted by Gasteiger charge is 2.09. The highest BCUT2D eigenvalue weighted by atomic mass is 32.1. The number of aromatic nitrogens is 1. The van der Waals surface area contributed by atoms with Crippen LogP contribution in [0.1, 0.15) is 23.6 Å². The standard InChI is InChI=1S/C22H20N4S/c1-4-13-24-22-26(21(15-27-22)20-9-5-16(2)6-10-20)25-17(3)19-11-7-18(14-23)8-12-19/h4-12,15H,1,13H2,2-3H3. The van der Waals surface area contributed by atoms with Crippen molar-refractivity contribution in [3.8, 4) is 17.3 Å². The lowest BCUT2D eigenvalue weighted by Crippen LogP contribution is -2.14. The molecule has 4 nitrogen and oxygen atoms in total. The summed E-state index contributed by atoms with van der Waals surface area (Å²) in [6.45, 7) is 8.32. The first-order valence-electron chi connectivity index (χ1n) is 8.57. The predicted octanol–water partition coefficient (Wildman–Crippen LogP) is 4.76. The van der Waals surface area contributed by atoms with Gasteiger partial charge >= 0.3 is 0 Å². The normalized spacial score (nSPS) is 12.0. The summed E-state index contributed by atoms with van der Waals surface area (Å²) in [5.41, 5.74) is 5.76. The summed E-state index contributed by atoms with van der Waals surface area (Å²) >= 11 is 1.56. The SMILES string of the molecule is C=CCN=c1scc(-c2ccc(C)cc2)n1N=C(C)c1ccc(C#N)cc1. The van der Waals surface area contributed by atoms with Crippen molar-refractivity contribution in [3.63, 3.8) is 0 Å². The van der Waals surface area contributed by atoms with Gasteiger partial charge in [-0.05, 0) is 31.5 Å². The van der Waals surface area contributed by atoms with Crippen molar-refractivity contribution < 1.29 is 0 Å². The summed E-state index contributed by atoms with van der Waals surface area (Å²) in [6, 6.07) is 17.9. The van der Waals surface area contributed by atoms with Crippen LogP contribution in [0.15, 0.2) is 76.7 Å². The molecule has 0 fully saturated rings. The zero-order chi connectivity index (χ0) is 19.2.